The maximum atomic E-state index is 12.1. The number of hydrogen-bond donors (Lipinski definition) is 1. The van der Waals surface area contributed by atoms with Crippen molar-refractivity contribution in [2.75, 3.05) is 27.3 Å². The smallest absolute Gasteiger partial charge is 0.246 e. The largest absolute Gasteiger partial charge is 0.493 e. The summed E-state index contributed by atoms with van der Waals surface area (Å²) in [6.45, 7) is -0.199. The van der Waals surface area contributed by atoms with E-state index in [-0.39, 0.29) is 25.4 Å². The average Bonchev–Trinajstić information content (AvgIpc) is 2.46. The van der Waals surface area contributed by atoms with Crippen molar-refractivity contribution in [3.8, 4) is 11.5 Å². The highest BCUT2D eigenvalue weighted by Gasteiger charge is 2.26. The number of rotatable bonds is 4. The van der Waals surface area contributed by atoms with Crippen molar-refractivity contribution in [2.24, 2.45) is 0 Å². The summed E-state index contributed by atoms with van der Waals surface area (Å²) >= 11 is 0. The van der Waals surface area contributed by atoms with Gasteiger partial charge in [-0.15, -0.1) is 0 Å². The van der Waals surface area contributed by atoms with Gasteiger partial charge >= 0.3 is 0 Å². The van der Waals surface area contributed by atoms with E-state index in [4.69, 9.17) is 9.47 Å². The predicted octanol–water partition coefficient (Wildman–Crippen LogP) is -0.269. The van der Waals surface area contributed by atoms with Gasteiger partial charge in [-0.3, -0.25) is 19.7 Å². The molecule has 1 aromatic rings. The number of imide groups is 1. The topological polar surface area (TPSA) is 84.9 Å². The Balaban J connectivity index is 2.09. The van der Waals surface area contributed by atoms with Crippen LogP contribution in [0.1, 0.15) is 5.56 Å². The Hall–Kier alpha value is -2.57. The fraction of sp³-hybridized carbons (Fsp3) is 0.357. The molecule has 1 heterocycles. The van der Waals surface area contributed by atoms with Crippen LogP contribution in [0, 0.1) is 0 Å². The number of nitrogens with zero attached hydrogens (tertiary/aromatic N) is 1. The SMILES string of the molecule is COc1ccc(CC(=O)N2CC(=O)NC(=O)C2)cc1OC. The molecule has 1 aliphatic heterocycles. The van der Waals surface area contributed by atoms with E-state index in [0.717, 1.165) is 5.56 Å². The first kappa shape index (κ1) is 14.8. The van der Waals surface area contributed by atoms with Gasteiger partial charge in [0.2, 0.25) is 17.7 Å². The fourth-order valence-corrected chi connectivity index (χ4v) is 2.09. The molecule has 112 valence electrons. The summed E-state index contributed by atoms with van der Waals surface area (Å²) in [6, 6.07) is 5.14. The van der Waals surface area contributed by atoms with Crippen LogP contribution in [0.25, 0.3) is 0 Å². The van der Waals surface area contributed by atoms with Crippen molar-refractivity contribution in [3.05, 3.63) is 23.8 Å². The molecule has 1 saturated heterocycles. The van der Waals surface area contributed by atoms with Crippen LogP contribution in [0.3, 0.4) is 0 Å². The van der Waals surface area contributed by atoms with Gasteiger partial charge in [0.15, 0.2) is 11.5 Å². The van der Waals surface area contributed by atoms with Gasteiger partial charge in [0.25, 0.3) is 0 Å². The van der Waals surface area contributed by atoms with Gasteiger partial charge in [-0.05, 0) is 17.7 Å². The lowest BCUT2D eigenvalue weighted by molar-refractivity contribution is -0.145. The first-order valence-electron chi connectivity index (χ1n) is 6.35. The average molecular weight is 292 g/mol. The van der Waals surface area contributed by atoms with Gasteiger partial charge in [-0.1, -0.05) is 6.07 Å². The van der Waals surface area contributed by atoms with Crippen LogP contribution in [0.5, 0.6) is 11.5 Å². The molecule has 3 amide bonds. The lowest BCUT2D eigenvalue weighted by Gasteiger charge is -2.25. The summed E-state index contributed by atoms with van der Waals surface area (Å²) in [4.78, 5) is 35.9. The molecule has 0 radical (unpaired) electrons. The minimum Gasteiger partial charge on any atom is -0.493 e. The van der Waals surface area contributed by atoms with Crippen LogP contribution in [-0.2, 0) is 20.8 Å². The predicted molar refractivity (Wildman–Crippen MR) is 73.0 cm³/mol. The first-order valence-corrected chi connectivity index (χ1v) is 6.35. The van der Waals surface area contributed by atoms with Gasteiger partial charge in [0.1, 0.15) is 13.1 Å². The molecule has 0 spiro atoms. The number of nitrogens with one attached hydrogen (secondary N) is 1. The molecule has 7 heteroatoms. The monoisotopic (exact) mass is 292 g/mol. The Bertz CT molecular complexity index is 569. The molecular formula is C14H16N2O5. The molecule has 1 aromatic carbocycles. The second-order valence-electron chi connectivity index (χ2n) is 4.59. The van der Waals surface area contributed by atoms with Crippen molar-refractivity contribution in [1.82, 2.24) is 10.2 Å². The Morgan fingerprint density at radius 3 is 2.33 bits per heavy atom. The minimum atomic E-state index is -0.466. The molecule has 1 N–H and O–H groups in total. The van der Waals surface area contributed by atoms with Crippen molar-refractivity contribution >= 4 is 17.7 Å². The number of benzene rings is 1. The molecule has 0 saturated carbocycles. The number of carbonyl (C=O) groups excluding carboxylic acids is 3. The van der Waals surface area contributed by atoms with E-state index >= 15 is 0 Å². The summed E-state index contributed by atoms with van der Waals surface area (Å²) in [5.74, 6) is -0.124. The van der Waals surface area contributed by atoms with Crippen LogP contribution in [0.4, 0.5) is 0 Å². The van der Waals surface area contributed by atoms with Crippen LogP contribution in [-0.4, -0.2) is 49.9 Å². The van der Waals surface area contributed by atoms with E-state index in [1.54, 1.807) is 18.2 Å². The minimum absolute atomic E-state index is 0.0842. The van der Waals surface area contributed by atoms with Crippen LogP contribution >= 0.6 is 0 Å². The quantitative estimate of drug-likeness (QED) is 0.772. The van der Waals surface area contributed by atoms with Gasteiger partial charge in [-0.25, -0.2) is 0 Å². The van der Waals surface area contributed by atoms with Crippen LogP contribution < -0.4 is 14.8 Å². The third-order valence-corrected chi connectivity index (χ3v) is 3.10. The number of ether oxygens (including phenoxy) is 2. The molecule has 0 aromatic heterocycles. The third kappa shape index (κ3) is 3.50. The zero-order chi connectivity index (χ0) is 15.4. The highest BCUT2D eigenvalue weighted by atomic mass is 16.5. The van der Waals surface area contributed by atoms with Gasteiger partial charge in [-0.2, -0.15) is 0 Å². The van der Waals surface area contributed by atoms with Gasteiger partial charge in [0.05, 0.1) is 20.6 Å². The second kappa shape index (κ2) is 6.25. The third-order valence-electron chi connectivity index (χ3n) is 3.10. The van der Waals surface area contributed by atoms with Crippen molar-refractivity contribution in [3.63, 3.8) is 0 Å². The lowest BCUT2D eigenvalue weighted by Crippen LogP contribution is -2.53. The molecule has 1 aliphatic rings. The van der Waals surface area contributed by atoms with Crippen molar-refractivity contribution < 1.29 is 23.9 Å². The van der Waals surface area contributed by atoms with Crippen molar-refractivity contribution in [2.45, 2.75) is 6.42 Å². The zero-order valence-corrected chi connectivity index (χ0v) is 11.8. The summed E-state index contributed by atoms with van der Waals surface area (Å²) in [5, 5.41) is 2.15. The Morgan fingerprint density at radius 1 is 1.14 bits per heavy atom. The number of piperazine rings is 1. The summed E-state index contributed by atoms with van der Waals surface area (Å²) in [5.41, 5.74) is 0.719. The van der Waals surface area contributed by atoms with Gasteiger partial charge < -0.3 is 14.4 Å². The number of carbonyl (C=O) groups is 3. The molecule has 0 bridgehead atoms. The van der Waals surface area contributed by atoms with E-state index in [0.29, 0.717) is 11.5 Å². The number of hydrogen-bond acceptors (Lipinski definition) is 5. The van der Waals surface area contributed by atoms with Crippen LogP contribution in [0.2, 0.25) is 0 Å². The standard InChI is InChI=1S/C14H16N2O5/c1-20-10-4-3-9(5-11(10)21-2)6-14(19)16-7-12(17)15-13(18)8-16/h3-5H,6-8H2,1-2H3,(H,15,17,18). The summed E-state index contributed by atoms with van der Waals surface area (Å²) in [7, 11) is 3.04. The maximum Gasteiger partial charge on any atom is 0.246 e. The molecule has 21 heavy (non-hydrogen) atoms. The van der Waals surface area contributed by atoms with E-state index < -0.39 is 11.8 Å². The molecular weight excluding hydrogens is 276 g/mol. The van der Waals surface area contributed by atoms with Crippen molar-refractivity contribution in [1.29, 1.82) is 0 Å². The molecule has 0 unspecified atom stereocenters. The molecule has 7 nitrogen and oxygen atoms in total. The Morgan fingerprint density at radius 2 is 1.76 bits per heavy atom. The van der Waals surface area contributed by atoms with Gasteiger partial charge in [0, 0.05) is 0 Å². The highest BCUT2D eigenvalue weighted by Crippen LogP contribution is 2.27. The van der Waals surface area contributed by atoms with E-state index in [2.05, 4.69) is 5.32 Å². The molecule has 0 atom stereocenters. The first-order chi connectivity index (χ1) is 10.0. The number of amides is 3. The maximum absolute atomic E-state index is 12.1. The summed E-state index contributed by atoms with van der Waals surface area (Å²) < 4.78 is 10.3. The highest BCUT2D eigenvalue weighted by molar-refractivity contribution is 6.02. The molecule has 0 aliphatic carbocycles. The lowest BCUT2D eigenvalue weighted by atomic mass is 10.1. The van der Waals surface area contributed by atoms with Crippen LogP contribution in [0.15, 0.2) is 18.2 Å². The molecule has 1 fully saturated rings. The van der Waals surface area contributed by atoms with E-state index in [9.17, 15) is 14.4 Å². The fourth-order valence-electron chi connectivity index (χ4n) is 2.09. The van der Waals surface area contributed by atoms with E-state index in [1.807, 2.05) is 0 Å². The Labute approximate surface area is 121 Å². The second-order valence-corrected chi connectivity index (χ2v) is 4.59. The normalized spacial score (nSPS) is 14.7. The molecule has 2 rings (SSSR count). The zero-order valence-electron chi connectivity index (χ0n) is 11.8. The van der Waals surface area contributed by atoms with E-state index in [1.165, 1.54) is 19.1 Å². The summed E-state index contributed by atoms with van der Waals surface area (Å²) in [6.07, 6.45) is 0.0842. The number of methoxy groups -OCH3 is 2. The Kier molecular flexibility index (Phi) is 4.42.